The fourth-order valence-corrected chi connectivity index (χ4v) is 2.57. The molecule has 1 heterocycles. The Balaban J connectivity index is 2.86. The van der Waals surface area contributed by atoms with Gasteiger partial charge in [-0.1, -0.05) is 13.8 Å². The summed E-state index contributed by atoms with van der Waals surface area (Å²) in [5, 5.41) is 0. The highest BCUT2D eigenvalue weighted by Crippen LogP contribution is 2.30. The average molecular weight is 347 g/mol. The molecule has 0 aromatic rings. The molecular formula is C16H29NO7. The third-order valence-electron chi connectivity index (χ3n) is 3.61. The SMILES string of the molecule is CCCOCCOC1(N)COC(CC)C(OC(C)=O)C1OC(C)=O. The lowest BCUT2D eigenvalue weighted by Crippen LogP contribution is -2.69. The van der Waals surface area contributed by atoms with E-state index in [4.69, 9.17) is 29.4 Å². The van der Waals surface area contributed by atoms with Crippen molar-refractivity contribution in [2.24, 2.45) is 5.73 Å². The third-order valence-corrected chi connectivity index (χ3v) is 3.61. The van der Waals surface area contributed by atoms with E-state index in [0.717, 1.165) is 6.42 Å². The first-order valence-electron chi connectivity index (χ1n) is 8.30. The van der Waals surface area contributed by atoms with Gasteiger partial charge in [0.2, 0.25) is 0 Å². The molecule has 8 nitrogen and oxygen atoms in total. The monoisotopic (exact) mass is 347 g/mol. The number of ether oxygens (including phenoxy) is 5. The summed E-state index contributed by atoms with van der Waals surface area (Å²) < 4.78 is 27.4. The van der Waals surface area contributed by atoms with E-state index in [-0.39, 0.29) is 13.2 Å². The zero-order chi connectivity index (χ0) is 18.2. The van der Waals surface area contributed by atoms with E-state index in [0.29, 0.717) is 19.6 Å². The number of carbonyl (C=O) groups excluding carboxylic acids is 2. The molecule has 0 aromatic carbocycles. The van der Waals surface area contributed by atoms with E-state index < -0.39 is 36.0 Å². The van der Waals surface area contributed by atoms with Crippen LogP contribution in [-0.2, 0) is 33.3 Å². The topological polar surface area (TPSA) is 106 Å². The van der Waals surface area contributed by atoms with Crippen molar-refractivity contribution in [3.63, 3.8) is 0 Å². The fourth-order valence-electron chi connectivity index (χ4n) is 2.57. The van der Waals surface area contributed by atoms with Gasteiger partial charge in [0.05, 0.1) is 25.9 Å². The molecule has 2 N–H and O–H groups in total. The van der Waals surface area contributed by atoms with Gasteiger partial charge in [-0.05, 0) is 12.8 Å². The van der Waals surface area contributed by atoms with Crippen LogP contribution in [0.4, 0.5) is 0 Å². The van der Waals surface area contributed by atoms with Crippen molar-refractivity contribution in [3.05, 3.63) is 0 Å². The standard InChI is InChI=1S/C16H29NO7/c1-5-7-20-8-9-22-16(17)10-21-13(6-2)14(23-11(3)18)15(16)24-12(4)19/h13-15H,5-10,17H2,1-4H3. The summed E-state index contributed by atoms with van der Waals surface area (Å²) in [5.74, 6) is -1.04. The Morgan fingerprint density at radius 1 is 1.12 bits per heavy atom. The lowest BCUT2D eigenvalue weighted by atomic mass is 9.93. The third kappa shape index (κ3) is 6.01. The Bertz CT molecular complexity index is 417. The van der Waals surface area contributed by atoms with Crippen LogP contribution in [-0.4, -0.2) is 62.4 Å². The van der Waals surface area contributed by atoms with E-state index in [1.54, 1.807) is 0 Å². The van der Waals surface area contributed by atoms with Crippen LogP contribution in [0, 0.1) is 0 Å². The molecule has 0 saturated carbocycles. The second-order valence-corrected chi connectivity index (χ2v) is 5.78. The van der Waals surface area contributed by atoms with E-state index >= 15 is 0 Å². The molecule has 1 aliphatic heterocycles. The second kappa shape index (κ2) is 9.93. The maximum Gasteiger partial charge on any atom is 0.303 e. The zero-order valence-electron chi connectivity index (χ0n) is 14.9. The quantitative estimate of drug-likeness (QED) is 0.370. The van der Waals surface area contributed by atoms with Crippen molar-refractivity contribution in [1.82, 2.24) is 0 Å². The van der Waals surface area contributed by atoms with Gasteiger partial charge in [0, 0.05) is 20.5 Å². The first-order valence-corrected chi connectivity index (χ1v) is 8.30. The van der Waals surface area contributed by atoms with Gasteiger partial charge in [-0.3, -0.25) is 15.3 Å². The molecule has 0 spiro atoms. The van der Waals surface area contributed by atoms with Gasteiger partial charge in [0.25, 0.3) is 0 Å². The van der Waals surface area contributed by atoms with Crippen molar-refractivity contribution >= 4 is 11.9 Å². The number of hydrogen-bond donors (Lipinski definition) is 1. The maximum atomic E-state index is 11.5. The predicted molar refractivity (Wildman–Crippen MR) is 85.1 cm³/mol. The van der Waals surface area contributed by atoms with E-state index in [2.05, 4.69) is 0 Å². The molecule has 0 aromatic heterocycles. The molecule has 4 atom stereocenters. The maximum absolute atomic E-state index is 11.5. The summed E-state index contributed by atoms with van der Waals surface area (Å²) in [6.07, 6.45) is -0.726. The van der Waals surface area contributed by atoms with Crippen LogP contribution in [0.25, 0.3) is 0 Å². The van der Waals surface area contributed by atoms with Crippen molar-refractivity contribution in [1.29, 1.82) is 0 Å². The summed E-state index contributed by atoms with van der Waals surface area (Å²) in [5.41, 5.74) is 4.87. The summed E-state index contributed by atoms with van der Waals surface area (Å²) >= 11 is 0. The highest BCUT2D eigenvalue weighted by molar-refractivity contribution is 5.67. The van der Waals surface area contributed by atoms with E-state index in [1.807, 2.05) is 13.8 Å². The highest BCUT2D eigenvalue weighted by atomic mass is 16.6. The van der Waals surface area contributed by atoms with Crippen LogP contribution in [0.1, 0.15) is 40.5 Å². The molecule has 1 rings (SSSR count). The second-order valence-electron chi connectivity index (χ2n) is 5.78. The molecule has 8 heteroatoms. The Hall–Kier alpha value is -1.22. The molecule has 4 unspecified atom stereocenters. The lowest BCUT2D eigenvalue weighted by Gasteiger charge is -2.46. The summed E-state index contributed by atoms with van der Waals surface area (Å²) in [6, 6.07) is 0. The molecule has 0 radical (unpaired) electrons. The van der Waals surface area contributed by atoms with Gasteiger partial charge in [-0.25, -0.2) is 0 Å². The summed E-state index contributed by atoms with van der Waals surface area (Å²) in [4.78, 5) is 22.9. The molecule has 1 aliphatic rings. The summed E-state index contributed by atoms with van der Waals surface area (Å²) in [7, 11) is 0. The Kier molecular flexibility index (Phi) is 8.61. The van der Waals surface area contributed by atoms with Crippen LogP contribution in [0.15, 0.2) is 0 Å². The zero-order valence-corrected chi connectivity index (χ0v) is 14.9. The van der Waals surface area contributed by atoms with Crippen LogP contribution in [0.2, 0.25) is 0 Å². The van der Waals surface area contributed by atoms with Gasteiger partial charge in [0.1, 0.15) is 0 Å². The van der Waals surface area contributed by atoms with E-state index in [9.17, 15) is 9.59 Å². The highest BCUT2D eigenvalue weighted by Gasteiger charge is 2.53. The number of esters is 2. The lowest BCUT2D eigenvalue weighted by molar-refractivity contribution is -0.264. The molecule has 0 amide bonds. The fraction of sp³-hybridized carbons (Fsp3) is 0.875. The first-order chi connectivity index (χ1) is 11.3. The molecule has 1 saturated heterocycles. The Labute approximate surface area is 142 Å². The first kappa shape index (κ1) is 20.8. The number of rotatable bonds is 9. The molecule has 1 fully saturated rings. The molecule has 0 aliphatic carbocycles. The molecular weight excluding hydrogens is 318 g/mol. The normalized spacial score (nSPS) is 30.0. The van der Waals surface area contributed by atoms with Gasteiger partial charge >= 0.3 is 11.9 Å². The summed E-state index contributed by atoms with van der Waals surface area (Å²) in [6.45, 7) is 7.65. The Morgan fingerprint density at radius 3 is 2.33 bits per heavy atom. The van der Waals surface area contributed by atoms with E-state index in [1.165, 1.54) is 13.8 Å². The number of carbonyl (C=O) groups is 2. The minimum atomic E-state index is -1.41. The predicted octanol–water partition coefficient (Wildman–Crippen LogP) is 0.757. The van der Waals surface area contributed by atoms with Gasteiger partial charge < -0.3 is 23.7 Å². The van der Waals surface area contributed by atoms with Crippen molar-refractivity contribution in [2.45, 2.75) is 64.6 Å². The smallest absolute Gasteiger partial charge is 0.303 e. The van der Waals surface area contributed by atoms with Crippen molar-refractivity contribution in [3.8, 4) is 0 Å². The largest absolute Gasteiger partial charge is 0.456 e. The van der Waals surface area contributed by atoms with Crippen LogP contribution in [0.5, 0.6) is 0 Å². The average Bonchev–Trinajstić information content (AvgIpc) is 2.50. The minimum Gasteiger partial charge on any atom is -0.456 e. The molecule has 0 bridgehead atoms. The van der Waals surface area contributed by atoms with Crippen molar-refractivity contribution in [2.75, 3.05) is 26.4 Å². The molecule has 140 valence electrons. The van der Waals surface area contributed by atoms with Gasteiger partial charge in [-0.15, -0.1) is 0 Å². The Morgan fingerprint density at radius 2 is 1.79 bits per heavy atom. The number of nitrogens with two attached hydrogens (primary N) is 1. The van der Waals surface area contributed by atoms with Crippen molar-refractivity contribution < 1.29 is 33.3 Å². The minimum absolute atomic E-state index is 0.0228. The van der Waals surface area contributed by atoms with Crippen LogP contribution >= 0.6 is 0 Å². The number of hydrogen-bond acceptors (Lipinski definition) is 8. The van der Waals surface area contributed by atoms with Gasteiger partial charge in [0.15, 0.2) is 17.9 Å². The van der Waals surface area contributed by atoms with Crippen LogP contribution < -0.4 is 5.73 Å². The molecule has 24 heavy (non-hydrogen) atoms. The van der Waals surface area contributed by atoms with Gasteiger partial charge in [-0.2, -0.15) is 0 Å². The van der Waals surface area contributed by atoms with Crippen LogP contribution in [0.3, 0.4) is 0 Å².